The number of benzene rings is 1. The van der Waals surface area contributed by atoms with Gasteiger partial charge in [-0.15, -0.1) is 0 Å². The quantitative estimate of drug-likeness (QED) is 0.0278. The summed E-state index contributed by atoms with van der Waals surface area (Å²) in [6.45, 7) is 8.45. The first-order valence-corrected chi connectivity index (χ1v) is 28.6. The molecule has 0 fully saturated rings. The molecule has 10 atom stereocenters. The van der Waals surface area contributed by atoms with E-state index < -0.39 is 195 Å². The molecule has 2 aromatic rings. The van der Waals surface area contributed by atoms with Gasteiger partial charge >= 0.3 is 11.9 Å². The molecular formula is C54H84N14O18S. The number of fused-ring (bicyclic) bond motifs is 1. The van der Waals surface area contributed by atoms with Crippen LogP contribution in [0.4, 0.5) is 0 Å². The minimum atomic E-state index is -1.79. The molecule has 484 valence electrons. The number of carbonyl (C=O) groups excluding carboxylic acids is 12. The molecule has 0 unspecified atom stereocenters. The van der Waals surface area contributed by atoms with Gasteiger partial charge in [-0.1, -0.05) is 59.7 Å². The van der Waals surface area contributed by atoms with Gasteiger partial charge in [0.1, 0.15) is 54.4 Å². The molecule has 0 aliphatic carbocycles. The van der Waals surface area contributed by atoms with Gasteiger partial charge in [0, 0.05) is 35.7 Å². The van der Waals surface area contributed by atoms with Gasteiger partial charge < -0.3 is 95.4 Å². The van der Waals surface area contributed by atoms with Crippen LogP contribution in [0.15, 0.2) is 30.5 Å². The third-order valence-corrected chi connectivity index (χ3v) is 13.2. The Bertz CT molecular complexity index is 2760. The number of carbonyl (C=O) groups is 14. The Labute approximate surface area is 506 Å². The number of aromatic nitrogens is 1. The molecule has 0 aliphatic heterocycles. The van der Waals surface area contributed by atoms with Gasteiger partial charge in [0.05, 0.1) is 38.8 Å². The molecule has 20 N–H and O–H groups in total. The van der Waals surface area contributed by atoms with E-state index >= 15 is 0 Å². The molecule has 0 spiro atoms. The van der Waals surface area contributed by atoms with Gasteiger partial charge in [-0.05, 0) is 62.0 Å². The van der Waals surface area contributed by atoms with Crippen LogP contribution in [0.1, 0.15) is 92.6 Å². The van der Waals surface area contributed by atoms with E-state index in [9.17, 15) is 77.3 Å². The summed E-state index contributed by atoms with van der Waals surface area (Å²) < 4.78 is 0. The summed E-state index contributed by atoms with van der Waals surface area (Å²) in [4.78, 5) is 185. The van der Waals surface area contributed by atoms with Crippen molar-refractivity contribution < 1.29 is 87.5 Å². The molecule has 0 radical (unpaired) electrons. The van der Waals surface area contributed by atoms with E-state index in [0.717, 1.165) is 0 Å². The molecule has 0 saturated carbocycles. The fraction of sp³-hybridized carbons (Fsp3) is 0.593. The van der Waals surface area contributed by atoms with E-state index in [1.165, 1.54) is 6.92 Å². The van der Waals surface area contributed by atoms with Crippen LogP contribution < -0.4 is 70.0 Å². The van der Waals surface area contributed by atoms with Crippen molar-refractivity contribution in [1.82, 2.24) is 63.5 Å². The maximum absolute atomic E-state index is 14.5. The van der Waals surface area contributed by atoms with Crippen molar-refractivity contribution in [1.29, 1.82) is 0 Å². The van der Waals surface area contributed by atoms with Crippen molar-refractivity contribution in [2.45, 2.75) is 154 Å². The first kappa shape index (κ1) is 74.7. The zero-order chi connectivity index (χ0) is 65.8. The van der Waals surface area contributed by atoms with Crippen LogP contribution in [0, 0.1) is 17.8 Å². The highest BCUT2D eigenvalue weighted by Gasteiger charge is 2.36. The minimum absolute atomic E-state index is 0.0352. The minimum Gasteiger partial charge on any atom is -0.481 e. The van der Waals surface area contributed by atoms with Gasteiger partial charge in [-0.25, -0.2) is 4.79 Å². The first-order valence-electron chi connectivity index (χ1n) is 27.9. The van der Waals surface area contributed by atoms with E-state index in [-0.39, 0.29) is 43.4 Å². The number of hydrogen-bond acceptors (Lipinski definition) is 18. The third kappa shape index (κ3) is 27.2. The number of amides is 12. The largest absolute Gasteiger partial charge is 0.481 e. The average molecular weight is 1250 g/mol. The number of aliphatic hydroxyl groups excluding tert-OH is 2. The van der Waals surface area contributed by atoms with E-state index in [1.54, 1.807) is 72.0 Å². The summed E-state index contributed by atoms with van der Waals surface area (Å²) in [7, 11) is 0. The average Bonchev–Trinajstić information content (AvgIpc) is 2.26. The Morgan fingerprint density at radius 2 is 0.954 bits per heavy atom. The summed E-state index contributed by atoms with van der Waals surface area (Å²) in [5.41, 5.74) is 12.4. The fourth-order valence-corrected chi connectivity index (χ4v) is 8.57. The number of aliphatic carboxylic acids is 2. The van der Waals surface area contributed by atoms with Gasteiger partial charge in [0.2, 0.25) is 70.9 Å². The van der Waals surface area contributed by atoms with Crippen LogP contribution in [0.25, 0.3) is 10.9 Å². The molecular weight excluding hydrogens is 1160 g/mol. The highest BCUT2D eigenvalue weighted by Crippen LogP contribution is 2.20. The topological polar surface area (TPSA) is 520 Å². The first-order chi connectivity index (χ1) is 40.8. The van der Waals surface area contributed by atoms with Crippen molar-refractivity contribution in [2.24, 2.45) is 29.2 Å². The molecule has 0 bridgehead atoms. The number of para-hydroxylation sites is 1. The summed E-state index contributed by atoms with van der Waals surface area (Å²) in [6.07, 6.45) is -1.65. The fourth-order valence-electron chi connectivity index (χ4n) is 8.32. The number of nitrogens with one attached hydrogen (secondary N) is 12. The van der Waals surface area contributed by atoms with Crippen LogP contribution >= 0.6 is 12.6 Å². The van der Waals surface area contributed by atoms with Crippen molar-refractivity contribution in [3.8, 4) is 0 Å². The van der Waals surface area contributed by atoms with Crippen LogP contribution in [0.5, 0.6) is 0 Å². The SMILES string of the molecule is CC(C)C[C@H](NC(=O)CNC(=O)[C@@H](N)[C@@H](C)O)C(=O)N[C@@H](Cc1c[nH]c2ccccc12)C(=O)N[C@@H](CCC(N)=O)C(=O)N[C@@H](CS)C(=O)N[C@@H](CC(C)C)C(=O)N[C@@H](CC(C)C)C(=O)N[C@@H](CO)C(=O)NCC(=O)NCC(=O)N[C@@H](CC(=O)O)C(=O)O. The number of primary amides is 1. The molecule has 2 rings (SSSR count). The molecule has 33 heteroatoms. The normalized spacial score (nSPS) is 14.6. The van der Waals surface area contributed by atoms with E-state index in [2.05, 4.69) is 70.8 Å². The molecule has 87 heavy (non-hydrogen) atoms. The Hall–Kier alpha value is -8.43. The second kappa shape index (κ2) is 37.2. The summed E-state index contributed by atoms with van der Waals surface area (Å²) in [6, 6.07) is -6.45. The number of nitrogens with two attached hydrogens (primary N) is 2. The zero-order valence-corrected chi connectivity index (χ0v) is 50.4. The Balaban J connectivity index is 2.33. The van der Waals surface area contributed by atoms with E-state index in [4.69, 9.17) is 21.7 Å². The van der Waals surface area contributed by atoms with Crippen LogP contribution in [0.2, 0.25) is 0 Å². The monoisotopic (exact) mass is 1250 g/mol. The number of carboxylic acids is 2. The summed E-state index contributed by atoms with van der Waals surface area (Å²) in [5, 5.41) is 64.5. The lowest BCUT2D eigenvalue weighted by molar-refractivity contribution is -0.147. The molecule has 0 aliphatic rings. The van der Waals surface area contributed by atoms with Crippen molar-refractivity contribution in [3.05, 3.63) is 36.0 Å². The van der Waals surface area contributed by atoms with Gasteiger partial charge in [-0.3, -0.25) is 62.3 Å². The summed E-state index contributed by atoms with van der Waals surface area (Å²) >= 11 is 4.27. The highest BCUT2D eigenvalue weighted by atomic mass is 32.1. The third-order valence-electron chi connectivity index (χ3n) is 12.8. The Morgan fingerprint density at radius 3 is 1.45 bits per heavy atom. The summed E-state index contributed by atoms with van der Waals surface area (Å²) in [5.74, 6) is -15.6. The number of aliphatic hydroxyl groups is 2. The number of thiol groups is 1. The maximum Gasteiger partial charge on any atom is 0.326 e. The van der Waals surface area contributed by atoms with Crippen molar-refractivity contribution in [2.75, 3.05) is 32.0 Å². The van der Waals surface area contributed by atoms with E-state index in [0.29, 0.717) is 16.5 Å². The molecule has 0 saturated heterocycles. The number of rotatable bonds is 39. The number of aromatic amines is 1. The molecule has 32 nitrogen and oxygen atoms in total. The van der Waals surface area contributed by atoms with E-state index in [1.807, 2.05) is 5.32 Å². The second-order valence-corrected chi connectivity index (χ2v) is 22.2. The van der Waals surface area contributed by atoms with Gasteiger partial charge in [0.15, 0.2) is 0 Å². The predicted molar refractivity (Wildman–Crippen MR) is 314 cm³/mol. The predicted octanol–water partition coefficient (Wildman–Crippen LogP) is -5.47. The Kier molecular flexibility index (Phi) is 31.9. The van der Waals surface area contributed by atoms with Gasteiger partial charge in [-0.2, -0.15) is 12.6 Å². The number of carboxylic acid groups (broad SMARTS) is 2. The number of H-pyrrole nitrogens is 1. The lowest BCUT2D eigenvalue weighted by Gasteiger charge is -2.28. The van der Waals surface area contributed by atoms with Crippen molar-refractivity contribution in [3.63, 3.8) is 0 Å². The van der Waals surface area contributed by atoms with Crippen LogP contribution in [-0.2, 0) is 73.5 Å². The molecule has 1 heterocycles. The van der Waals surface area contributed by atoms with Crippen molar-refractivity contribution >= 4 is 106 Å². The smallest absolute Gasteiger partial charge is 0.326 e. The lowest BCUT2D eigenvalue weighted by atomic mass is 9.99. The standard InChI is InChI=1S/C54H84N14O18S/c1-25(2)14-33(61-43(74)22-60-53(84)45(56)28(7)70)48(79)66-36(17-29-19-57-31-11-9-8-10-30(29)31)51(82)63-32(12-13-40(55)71)47(78)68-39(24-87)52(83)65-34(15-26(3)4)49(80)64-35(16-27(5)6)50(81)67-38(23-69)46(77)59-20-41(72)58-21-42(73)62-37(54(85)86)18-44(75)76/h8-11,19,25-28,32-39,45,57,69-70,87H,12-18,20-24,56H2,1-7H3,(H2,55,71)(H,58,72)(H,59,77)(H,60,84)(H,61,74)(H,62,73)(H,63,82)(H,64,80)(H,65,83)(H,66,79)(H,67,81)(H,68,78)(H,75,76)(H,85,86)/t28-,32+,33+,34+,35+,36+,37+,38+,39+,45+/m1/s1. The lowest BCUT2D eigenvalue weighted by Crippen LogP contribution is -2.61. The Morgan fingerprint density at radius 1 is 0.529 bits per heavy atom. The molecule has 12 amide bonds. The molecule has 1 aromatic carbocycles. The number of hydrogen-bond donors (Lipinski definition) is 19. The maximum atomic E-state index is 14.5. The van der Waals surface area contributed by atoms with Crippen LogP contribution in [-0.4, -0.2) is 201 Å². The van der Waals surface area contributed by atoms with Crippen LogP contribution in [0.3, 0.4) is 0 Å². The second-order valence-electron chi connectivity index (χ2n) is 21.8. The van der Waals surface area contributed by atoms with Gasteiger partial charge in [0.25, 0.3) is 0 Å². The highest BCUT2D eigenvalue weighted by molar-refractivity contribution is 7.80. The molecule has 1 aromatic heterocycles. The zero-order valence-electron chi connectivity index (χ0n) is 49.5.